The Morgan fingerprint density at radius 1 is 1.41 bits per heavy atom. The lowest BCUT2D eigenvalue weighted by Crippen LogP contribution is -2.39. The fourth-order valence-electron chi connectivity index (χ4n) is 2.22. The van der Waals surface area contributed by atoms with Crippen LogP contribution in [0, 0.1) is 0 Å². The number of rotatable bonds is 6. The SMILES string of the molecule is CN(Cc1cc(C(C)(O)C(F)(F)F)no1)C(=O)c1c(N(C)C=O)ncn1C. The molecular formula is C15H18F3N5O4. The van der Waals surface area contributed by atoms with Crippen LogP contribution in [0.1, 0.15) is 28.9 Å². The highest BCUT2D eigenvalue weighted by molar-refractivity contribution is 5.99. The molecule has 0 radical (unpaired) electrons. The fourth-order valence-corrected chi connectivity index (χ4v) is 2.22. The van der Waals surface area contributed by atoms with Gasteiger partial charge in [0, 0.05) is 27.2 Å². The Morgan fingerprint density at radius 3 is 2.59 bits per heavy atom. The van der Waals surface area contributed by atoms with Crippen molar-refractivity contribution >= 4 is 18.1 Å². The van der Waals surface area contributed by atoms with Crippen LogP contribution in [0.3, 0.4) is 0 Å². The Kier molecular flexibility index (Phi) is 5.31. The van der Waals surface area contributed by atoms with Gasteiger partial charge in [-0.1, -0.05) is 5.16 Å². The Morgan fingerprint density at radius 2 is 2.04 bits per heavy atom. The number of nitrogens with zero attached hydrogens (tertiary/aromatic N) is 5. The van der Waals surface area contributed by atoms with Gasteiger partial charge in [0.15, 0.2) is 17.3 Å². The molecule has 0 aliphatic carbocycles. The van der Waals surface area contributed by atoms with Crippen LogP contribution < -0.4 is 4.90 Å². The molecule has 27 heavy (non-hydrogen) atoms. The summed E-state index contributed by atoms with van der Waals surface area (Å²) in [6, 6.07) is 0.930. The largest absolute Gasteiger partial charge is 0.422 e. The summed E-state index contributed by atoms with van der Waals surface area (Å²) in [5.74, 6) is -0.473. The topological polar surface area (TPSA) is 105 Å². The number of alkyl halides is 3. The van der Waals surface area contributed by atoms with Gasteiger partial charge in [-0.05, 0) is 6.92 Å². The lowest BCUT2D eigenvalue weighted by molar-refractivity contribution is -0.260. The molecule has 0 bridgehead atoms. The first kappa shape index (κ1) is 20.4. The number of aromatic nitrogens is 3. The molecule has 0 aromatic carbocycles. The van der Waals surface area contributed by atoms with E-state index in [1.165, 1.54) is 25.0 Å². The van der Waals surface area contributed by atoms with Crippen LogP contribution in [0.4, 0.5) is 19.0 Å². The van der Waals surface area contributed by atoms with Crippen molar-refractivity contribution in [3.63, 3.8) is 0 Å². The van der Waals surface area contributed by atoms with Crippen LogP contribution in [0.5, 0.6) is 0 Å². The maximum atomic E-state index is 12.9. The number of carbonyl (C=O) groups excluding carboxylic acids is 2. The second kappa shape index (κ2) is 7.02. The van der Waals surface area contributed by atoms with E-state index in [-0.39, 0.29) is 23.8 Å². The van der Waals surface area contributed by atoms with E-state index in [2.05, 4.69) is 10.1 Å². The lowest BCUT2D eigenvalue weighted by Gasteiger charge is -2.23. The molecule has 2 heterocycles. The molecule has 148 valence electrons. The molecule has 1 unspecified atom stereocenters. The molecule has 2 aromatic heterocycles. The number of aryl methyl sites for hydroxylation is 1. The van der Waals surface area contributed by atoms with Crippen molar-refractivity contribution in [1.29, 1.82) is 0 Å². The Balaban J connectivity index is 2.22. The zero-order chi connectivity index (χ0) is 20.6. The number of anilines is 1. The van der Waals surface area contributed by atoms with Gasteiger partial charge in [0.25, 0.3) is 5.91 Å². The molecule has 0 aliphatic rings. The minimum absolute atomic E-state index is 0.0576. The van der Waals surface area contributed by atoms with Crippen molar-refractivity contribution in [2.45, 2.75) is 25.2 Å². The van der Waals surface area contributed by atoms with Gasteiger partial charge in [-0.25, -0.2) is 4.98 Å². The van der Waals surface area contributed by atoms with Gasteiger partial charge in [0.2, 0.25) is 12.0 Å². The van der Waals surface area contributed by atoms with Crippen molar-refractivity contribution in [2.24, 2.45) is 7.05 Å². The van der Waals surface area contributed by atoms with Gasteiger partial charge >= 0.3 is 6.18 Å². The van der Waals surface area contributed by atoms with Gasteiger partial charge in [-0.3, -0.25) is 9.59 Å². The third-order valence-electron chi connectivity index (χ3n) is 3.96. The molecule has 2 aromatic rings. The molecule has 0 saturated heterocycles. The highest BCUT2D eigenvalue weighted by atomic mass is 19.4. The normalized spacial score (nSPS) is 13.9. The smallest absolute Gasteiger partial charge is 0.375 e. The third-order valence-corrected chi connectivity index (χ3v) is 3.96. The molecule has 0 fully saturated rings. The van der Waals surface area contributed by atoms with E-state index in [0.29, 0.717) is 13.3 Å². The molecule has 9 nitrogen and oxygen atoms in total. The third kappa shape index (κ3) is 3.79. The molecule has 0 aliphatic heterocycles. The van der Waals surface area contributed by atoms with E-state index in [4.69, 9.17) is 4.52 Å². The molecule has 0 spiro atoms. The van der Waals surface area contributed by atoms with Crippen LogP contribution in [0.25, 0.3) is 0 Å². The van der Waals surface area contributed by atoms with Crippen molar-refractivity contribution < 1.29 is 32.4 Å². The molecule has 1 atom stereocenters. The first-order valence-electron chi connectivity index (χ1n) is 7.60. The summed E-state index contributed by atoms with van der Waals surface area (Å²) in [7, 11) is 4.38. The Labute approximate surface area is 152 Å². The highest BCUT2D eigenvalue weighted by Crippen LogP contribution is 2.38. The van der Waals surface area contributed by atoms with E-state index in [1.807, 2.05) is 0 Å². The quantitative estimate of drug-likeness (QED) is 0.741. The van der Waals surface area contributed by atoms with E-state index in [1.54, 1.807) is 7.05 Å². The zero-order valence-corrected chi connectivity index (χ0v) is 15.0. The summed E-state index contributed by atoms with van der Waals surface area (Å²) < 4.78 is 44.8. The predicted octanol–water partition coefficient (Wildman–Crippen LogP) is 1.04. The molecule has 0 saturated carbocycles. The second-order valence-electron chi connectivity index (χ2n) is 6.15. The number of hydrogen-bond donors (Lipinski definition) is 1. The van der Waals surface area contributed by atoms with Gasteiger partial charge in [-0.2, -0.15) is 13.2 Å². The summed E-state index contributed by atoms with van der Waals surface area (Å²) in [5, 5.41) is 12.9. The van der Waals surface area contributed by atoms with Crippen LogP contribution in [-0.2, 0) is 24.0 Å². The Hall–Kier alpha value is -2.89. The van der Waals surface area contributed by atoms with Gasteiger partial charge in [0.05, 0.1) is 12.9 Å². The molecule has 2 rings (SSSR count). The maximum absolute atomic E-state index is 12.9. The van der Waals surface area contributed by atoms with Gasteiger partial charge < -0.3 is 24.0 Å². The number of hydrogen-bond acceptors (Lipinski definition) is 6. The van der Waals surface area contributed by atoms with Crippen LogP contribution in [0.15, 0.2) is 16.9 Å². The second-order valence-corrected chi connectivity index (χ2v) is 6.15. The monoisotopic (exact) mass is 389 g/mol. The summed E-state index contributed by atoms with van der Waals surface area (Å²) in [6.45, 7) is 0.343. The summed E-state index contributed by atoms with van der Waals surface area (Å²) in [5.41, 5.74) is -3.79. The average molecular weight is 389 g/mol. The lowest BCUT2D eigenvalue weighted by atomic mass is 10.0. The van der Waals surface area contributed by atoms with Crippen LogP contribution in [0.2, 0.25) is 0 Å². The molecule has 2 amide bonds. The first-order chi connectivity index (χ1) is 12.4. The first-order valence-corrected chi connectivity index (χ1v) is 7.60. The van der Waals surface area contributed by atoms with Crippen molar-refractivity contribution in [3.8, 4) is 0 Å². The minimum atomic E-state index is -4.94. The Bertz CT molecular complexity index is 843. The predicted molar refractivity (Wildman–Crippen MR) is 85.6 cm³/mol. The number of aliphatic hydroxyl groups is 1. The minimum Gasteiger partial charge on any atom is -0.375 e. The summed E-state index contributed by atoms with van der Waals surface area (Å²) >= 11 is 0. The van der Waals surface area contributed by atoms with Crippen molar-refractivity contribution in [3.05, 3.63) is 29.5 Å². The fraction of sp³-hybridized carbons (Fsp3) is 0.467. The standard InChI is InChI=1S/C15H18F3N5O4/c1-14(26,15(16,17)18)10-5-9(27-20-10)6-21(2)13(25)11-12(23(4)8-24)19-7-22(11)3/h5,7-8,26H,6H2,1-4H3. The summed E-state index contributed by atoms with van der Waals surface area (Å²) in [6.07, 6.45) is -3.10. The van der Waals surface area contributed by atoms with E-state index >= 15 is 0 Å². The number of halogens is 3. The highest BCUT2D eigenvalue weighted by Gasteiger charge is 2.53. The van der Waals surface area contributed by atoms with Crippen molar-refractivity contribution in [1.82, 2.24) is 19.6 Å². The summed E-state index contributed by atoms with van der Waals surface area (Å²) in [4.78, 5) is 29.9. The van der Waals surface area contributed by atoms with Crippen LogP contribution >= 0.6 is 0 Å². The molecule has 1 N–H and O–H groups in total. The van der Waals surface area contributed by atoms with E-state index < -0.39 is 23.4 Å². The number of amides is 2. The van der Waals surface area contributed by atoms with E-state index in [0.717, 1.165) is 15.9 Å². The van der Waals surface area contributed by atoms with Gasteiger partial charge in [-0.15, -0.1) is 0 Å². The van der Waals surface area contributed by atoms with E-state index in [9.17, 15) is 27.9 Å². The maximum Gasteiger partial charge on any atom is 0.422 e. The number of imidazole rings is 1. The number of carbonyl (C=O) groups is 2. The average Bonchev–Trinajstić information content (AvgIpc) is 3.19. The molecule has 12 heteroatoms. The van der Waals surface area contributed by atoms with Crippen LogP contribution in [-0.4, -0.2) is 57.3 Å². The zero-order valence-electron chi connectivity index (χ0n) is 15.0. The molecular weight excluding hydrogens is 371 g/mol. The van der Waals surface area contributed by atoms with Crippen molar-refractivity contribution in [2.75, 3.05) is 19.0 Å². The van der Waals surface area contributed by atoms with Gasteiger partial charge in [0.1, 0.15) is 5.69 Å².